The molecule has 0 aromatic carbocycles. The van der Waals surface area contributed by atoms with Gasteiger partial charge in [0.2, 0.25) is 0 Å². The molecule has 2 heteroatoms. The summed E-state index contributed by atoms with van der Waals surface area (Å²) in [7, 11) is 0. The van der Waals surface area contributed by atoms with Gasteiger partial charge in [0.1, 0.15) is 0 Å². The molecule has 0 aromatic heterocycles. The summed E-state index contributed by atoms with van der Waals surface area (Å²) in [6.07, 6.45) is 1.44. The summed E-state index contributed by atoms with van der Waals surface area (Å²) in [5.41, 5.74) is -0.115. The van der Waals surface area contributed by atoms with Gasteiger partial charge in [0.15, 0.2) is 6.29 Å². The minimum atomic E-state index is -0.115. The van der Waals surface area contributed by atoms with Gasteiger partial charge in [0.25, 0.3) is 0 Å². The van der Waals surface area contributed by atoms with Crippen molar-refractivity contribution in [3.8, 4) is 0 Å². The van der Waals surface area contributed by atoms with Gasteiger partial charge in [0, 0.05) is 5.92 Å². The number of hydrogen-bond acceptors (Lipinski definition) is 2. The van der Waals surface area contributed by atoms with E-state index in [2.05, 4.69) is 41.5 Å². The lowest BCUT2D eigenvalue weighted by Gasteiger charge is -2.40. The fourth-order valence-electron chi connectivity index (χ4n) is 1.90. The van der Waals surface area contributed by atoms with E-state index in [-0.39, 0.29) is 11.9 Å². The van der Waals surface area contributed by atoms with Crippen LogP contribution in [0, 0.1) is 11.8 Å². The van der Waals surface area contributed by atoms with Crippen LogP contribution in [0.1, 0.15) is 48.0 Å². The van der Waals surface area contributed by atoms with Gasteiger partial charge in [-0.05, 0) is 40.0 Å². The number of hydrogen-bond donors (Lipinski definition) is 0. The monoisotopic (exact) mass is 200 g/mol. The van der Waals surface area contributed by atoms with Crippen molar-refractivity contribution >= 4 is 0 Å². The predicted octanol–water partition coefficient (Wildman–Crippen LogP) is 3.21. The van der Waals surface area contributed by atoms with Crippen LogP contribution in [0.25, 0.3) is 0 Å². The molecule has 0 radical (unpaired) electrons. The van der Waals surface area contributed by atoms with E-state index in [1.54, 1.807) is 0 Å². The minimum absolute atomic E-state index is 0.0336. The molecule has 1 rings (SSSR count). The van der Waals surface area contributed by atoms with E-state index in [9.17, 15) is 0 Å². The van der Waals surface area contributed by atoms with E-state index in [1.165, 1.54) is 0 Å². The molecule has 0 spiro atoms. The van der Waals surface area contributed by atoms with Gasteiger partial charge < -0.3 is 9.47 Å². The topological polar surface area (TPSA) is 18.5 Å². The summed E-state index contributed by atoms with van der Waals surface area (Å²) in [4.78, 5) is 0. The molecule has 14 heavy (non-hydrogen) atoms. The Hall–Kier alpha value is -0.0800. The summed E-state index contributed by atoms with van der Waals surface area (Å²) >= 11 is 0. The smallest absolute Gasteiger partial charge is 0.161 e. The van der Waals surface area contributed by atoms with E-state index in [0.29, 0.717) is 17.9 Å². The Kier molecular flexibility index (Phi) is 3.59. The molecule has 1 aliphatic rings. The van der Waals surface area contributed by atoms with Gasteiger partial charge in [-0.2, -0.15) is 0 Å². The first-order valence-electron chi connectivity index (χ1n) is 5.63. The maximum absolute atomic E-state index is 5.91. The first-order valence-corrected chi connectivity index (χ1v) is 5.63. The molecule has 0 bridgehead atoms. The summed E-state index contributed by atoms with van der Waals surface area (Å²) in [6.45, 7) is 12.9. The largest absolute Gasteiger partial charge is 0.349 e. The molecule has 0 aromatic rings. The molecule has 1 heterocycles. The average Bonchev–Trinajstić information content (AvgIpc) is 1.96. The zero-order valence-electron chi connectivity index (χ0n) is 10.3. The second kappa shape index (κ2) is 4.19. The Morgan fingerprint density at radius 1 is 1.14 bits per heavy atom. The Bertz CT molecular complexity index is 183. The highest BCUT2D eigenvalue weighted by Crippen LogP contribution is 2.32. The first kappa shape index (κ1) is 12.0. The number of ether oxygens (including phenoxy) is 2. The summed E-state index contributed by atoms with van der Waals surface area (Å²) in [5.74, 6) is 1.18. The maximum atomic E-state index is 5.91. The Morgan fingerprint density at radius 2 is 1.71 bits per heavy atom. The van der Waals surface area contributed by atoms with Crippen molar-refractivity contribution in [2.75, 3.05) is 0 Å². The van der Waals surface area contributed by atoms with Gasteiger partial charge in [-0.15, -0.1) is 0 Å². The Morgan fingerprint density at radius 3 is 2.21 bits per heavy atom. The first-order chi connectivity index (χ1) is 6.29. The van der Waals surface area contributed by atoms with E-state index in [1.807, 2.05) is 0 Å². The lowest BCUT2D eigenvalue weighted by Crippen LogP contribution is -2.43. The molecule has 4 unspecified atom stereocenters. The fourth-order valence-corrected chi connectivity index (χ4v) is 1.90. The second-order valence-corrected chi connectivity index (χ2v) is 5.62. The van der Waals surface area contributed by atoms with Crippen LogP contribution in [0.3, 0.4) is 0 Å². The van der Waals surface area contributed by atoms with Crippen molar-refractivity contribution in [1.29, 1.82) is 0 Å². The van der Waals surface area contributed by atoms with Crippen LogP contribution in [0.15, 0.2) is 0 Å². The predicted molar refractivity (Wildman–Crippen MR) is 58.1 cm³/mol. The average molecular weight is 200 g/mol. The third-order valence-electron chi connectivity index (χ3n) is 2.87. The van der Waals surface area contributed by atoms with Gasteiger partial charge in [-0.25, -0.2) is 0 Å². The molecule has 4 atom stereocenters. The molecule has 1 aliphatic heterocycles. The molecule has 1 saturated heterocycles. The SMILES string of the molecule is CC1CC(C)C(C)C(OC(C)(C)C)O1. The third-order valence-corrected chi connectivity index (χ3v) is 2.87. The zero-order chi connectivity index (χ0) is 10.9. The van der Waals surface area contributed by atoms with E-state index < -0.39 is 0 Å². The van der Waals surface area contributed by atoms with E-state index in [4.69, 9.17) is 9.47 Å². The lowest BCUT2D eigenvalue weighted by atomic mass is 9.87. The normalized spacial score (nSPS) is 39.9. The van der Waals surface area contributed by atoms with Gasteiger partial charge in [0.05, 0.1) is 11.7 Å². The standard InChI is InChI=1S/C12H24O2/c1-8-7-9(2)13-11(10(8)3)14-12(4,5)6/h8-11H,7H2,1-6H3. The van der Waals surface area contributed by atoms with E-state index in [0.717, 1.165) is 6.42 Å². The van der Waals surface area contributed by atoms with E-state index >= 15 is 0 Å². The highest BCUT2D eigenvalue weighted by Gasteiger charge is 2.34. The second-order valence-electron chi connectivity index (χ2n) is 5.62. The van der Waals surface area contributed by atoms with Gasteiger partial charge in [-0.3, -0.25) is 0 Å². The van der Waals surface area contributed by atoms with Gasteiger partial charge >= 0.3 is 0 Å². The molecular formula is C12H24O2. The van der Waals surface area contributed by atoms with Gasteiger partial charge in [-0.1, -0.05) is 13.8 Å². The maximum Gasteiger partial charge on any atom is 0.161 e. The quantitative estimate of drug-likeness (QED) is 0.647. The van der Waals surface area contributed by atoms with Crippen LogP contribution in [0.2, 0.25) is 0 Å². The van der Waals surface area contributed by atoms with Crippen LogP contribution >= 0.6 is 0 Å². The Labute approximate surface area is 88.0 Å². The van der Waals surface area contributed by atoms with Crippen molar-refractivity contribution in [1.82, 2.24) is 0 Å². The highest BCUT2D eigenvalue weighted by molar-refractivity contribution is 4.76. The minimum Gasteiger partial charge on any atom is -0.349 e. The Balaban J connectivity index is 2.58. The van der Waals surface area contributed by atoms with Crippen molar-refractivity contribution in [3.63, 3.8) is 0 Å². The summed E-state index contributed by atoms with van der Waals surface area (Å²) in [5, 5.41) is 0. The van der Waals surface area contributed by atoms with Crippen LogP contribution in [0.5, 0.6) is 0 Å². The summed E-state index contributed by atoms with van der Waals surface area (Å²) < 4.78 is 11.7. The molecule has 0 saturated carbocycles. The highest BCUT2D eigenvalue weighted by atomic mass is 16.7. The molecule has 0 amide bonds. The molecule has 84 valence electrons. The molecule has 1 fully saturated rings. The van der Waals surface area contributed by atoms with Crippen molar-refractivity contribution in [2.45, 2.75) is 66.0 Å². The van der Waals surface area contributed by atoms with Crippen LogP contribution in [-0.2, 0) is 9.47 Å². The number of rotatable bonds is 1. The fraction of sp³-hybridized carbons (Fsp3) is 1.00. The molecule has 0 aliphatic carbocycles. The van der Waals surface area contributed by atoms with Crippen LogP contribution in [0.4, 0.5) is 0 Å². The van der Waals surface area contributed by atoms with Crippen molar-refractivity contribution in [2.24, 2.45) is 11.8 Å². The van der Waals surface area contributed by atoms with Crippen molar-refractivity contribution in [3.05, 3.63) is 0 Å². The van der Waals surface area contributed by atoms with Crippen molar-refractivity contribution < 1.29 is 9.47 Å². The molecule has 2 nitrogen and oxygen atoms in total. The zero-order valence-corrected chi connectivity index (χ0v) is 10.3. The molecular weight excluding hydrogens is 176 g/mol. The van der Waals surface area contributed by atoms with Crippen LogP contribution in [-0.4, -0.2) is 18.0 Å². The van der Waals surface area contributed by atoms with Crippen LogP contribution < -0.4 is 0 Å². The summed E-state index contributed by atoms with van der Waals surface area (Å²) in [6, 6.07) is 0. The third kappa shape index (κ3) is 3.25. The molecule has 0 N–H and O–H groups in total. The lowest BCUT2D eigenvalue weighted by molar-refractivity contribution is -0.261.